The van der Waals surface area contributed by atoms with Crippen molar-refractivity contribution in [3.05, 3.63) is 77.4 Å². The molecular weight excluding hydrogens is 358 g/mol. The van der Waals surface area contributed by atoms with Gasteiger partial charge in [0.1, 0.15) is 5.75 Å². The second-order valence-corrected chi connectivity index (χ2v) is 8.04. The van der Waals surface area contributed by atoms with Crippen molar-refractivity contribution in [2.45, 2.75) is 5.92 Å². The molecule has 3 aromatic carbocycles. The summed E-state index contributed by atoms with van der Waals surface area (Å²) in [6, 6.07) is 22.0. The van der Waals surface area contributed by atoms with Crippen molar-refractivity contribution in [2.75, 3.05) is 57.0 Å². The summed E-state index contributed by atoms with van der Waals surface area (Å²) in [5.74, 6) is 1.07. The molecule has 0 atom stereocenters. The van der Waals surface area contributed by atoms with Gasteiger partial charge in [-0.3, -0.25) is 0 Å². The van der Waals surface area contributed by atoms with E-state index in [1.807, 2.05) is 0 Å². The van der Waals surface area contributed by atoms with E-state index < -0.39 is 0 Å². The Kier molecular flexibility index (Phi) is 4.87. The second-order valence-electron chi connectivity index (χ2n) is 8.04. The van der Waals surface area contributed by atoms with Gasteiger partial charge in [-0.05, 0) is 53.1 Å². The highest BCUT2D eigenvalue weighted by Crippen LogP contribution is 2.49. The fourth-order valence-electron chi connectivity index (χ4n) is 4.14. The average molecular weight is 388 g/mol. The summed E-state index contributed by atoms with van der Waals surface area (Å²) >= 11 is 0. The first kappa shape index (κ1) is 19.2. The maximum atomic E-state index is 5.38. The predicted octanol–water partition coefficient (Wildman–Crippen LogP) is 5.09. The maximum Gasteiger partial charge on any atom is 0.118 e. The van der Waals surface area contributed by atoms with E-state index >= 15 is 0 Å². The Hall–Kier alpha value is -3.14. The maximum absolute atomic E-state index is 5.38. The molecule has 4 nitrogen and oxygen atoms in total. The monoisotopic (exact) mass is 387 g/mol. The van der Waals surface area contributed by atoms with Crippen LogP contribution in [0.1, 0.15) is 22.6 Å². The highest BCUT2D eigenvalue weighted by molar-refractivity contribution is 5.81. The summed E-state index contributed by atoms with van der Waals surface area (Å²) in [7, 11) is 12.2. The first-order valence-electron chi connectivity index (χ1n) is 9.91. The van der Waals surface area contributed by atoms with Gasteiger partial charge in [-0.25, -0.2) is 0 Å². The van der Waals surface area contributed by atoms with Crippen LogP contribution >= 0.6 is 0 Å². The highest BCUT2D eigenvalue weighted by Gasteiger charge is 2.30. The third-order valence-electron chi connectivity index (χ3n) is 5.85. The second kappa shape index (κ2) is 7.36. The van der Waals surface area contributed by atoms with E-state index in [1.54, 1.807) is 7.11 Å². The van der Waals surface area contributed by atoms with Crippen LogP contribution in [0.5, 0.6) is 5.75 Å². The smallest absolute Gasteiger partial charge is 0.118 e. The molecule has 1 heterocycles. The Balaban J connectivity index is 1.93. The molecule has 4 rings (SSSR count). The Labute approximate surface area is 173 Å². The van der Waals surface area contributed by atoms with Crippen LogP contribution in [0.25, 0.3) is 0 Å². The van der Waals surface area contributed by atoms with Crippen molar-refractivity contribution in [3.8, 4) is 5.75 Å². The summed E-state index contributed by atoms with van der Waals surface area (Å²) in [6.07, 6.45) is 0. The third-order valence-corrected chi connectivity index (χ3v) is 5.85. The van der Waals surface area contributed by atoms with Crippen LogP contribution in [0, 0.1) is 0 Å². The summed E-state index contributed by atoms with van der Waals surface area (Å²) < 4.78 is 5.38. The van der Waals surface area contributed by atoms with Gasteiger partial charge in [0.2, 0.25) is 0 Å². The van der Waals surface area contributed by atoms with Crippen LogP contribution in [0.2, 0.25) is 0 Å². The van der Waals surface area contributed by atoms with Crippen LogP contribution in [0.15, 0.2) is 60.7 Å². The zero-order valence-electron chi connectivity index (χ0n) is 18.1. The number of hydrogen-bond acceptors (Lipinski definition) is 4. The minimum Gasteiger partial charge on any atom is -0.497 e. The lowest BCUT2D eigenvalue weighted by atomic mass is 9.80. The van der Waals surface area contributed by atoms with Crippen molar-refractivity contribution in [1.82, 2.24) is 0 Å². The summed E-state index contributed by atoms with van der Waals surface area (Å²) in [4.78, 5) is 6.63. The topological polar surface area (TPSA) is 19.0 Å². The van der Waals surface area contributed by atoms with Crippen molar-refractivity contribution < 1.29 is 4.74 Å². The Morgan fingerprint density at radius 2 is 1.21 bits per heavy atom. The normalized spacial score (nSPS) is 13.0. The van der Waals surface area contributed by atoms with Crippen LogP contribution < -0.4 is 19.4 Å². The lowest BCUT2D eigenvalue weighted by Crippen LogP contribution is -2.24. The first-order chi connectivity index (χ1) is 13.9. The molecule has 0 saturated carbocycles. The van der Waals surface area contributed by atoms with E-state index in [9.17, 15) is 0 Å². The quantitative estimate of drug-likeness (QED) is 0.621. The van der Waals surface area contributed by atoms with Crippen LogP contribution in [0.4, 0.5) is 22.7 Å². The first-order valence-corrected chi connectivity index (χ1v) is 9.91. The van der Waals surface area contributed by atoms with E-state index in [4.69, 9.17) is 4.74 Å². The van der Waals surface area contributed by atoms with E-state index in [0.29, 0.717) is 0 Å². The molecule has 0 radical (unpaired) electrons. The lowest BCUT2D eigenvalue weighted by molar-refractivity contribution is 0.414. The predicted molar refractivity (Wildman–Crippen MR) is 124 cm³/mol. The van der Waals surface area contributed by atoms with Gasteiger partial charge in [-0.15, -0.1) is 0 Å². The molecular formula is C25H29N3O. The molecule has 4 heteroatoms. The zero-order chi connectivity index (χ0) is 20.7. The number of anilines is 4. The minimum absolute atomic E-state index is 0.189. The van der Waals surface area contributed by atoms with Gasteiger partial charge < -0.3 is 19.4 Å². The molecule has 0 spiro atoms. The van der Waals surface area contributed by atoms with E-state index in [2.05, 4.69) is 111 Å². The SMILES string of the molecule is COc1ccc(C2c3ccc(N(C)C)cc3N(C)c3cc(N(C)C)ccc32)cc1. The summed E-state index contributed by atoms with van der Waals surface area (Å²) in [5, 5.41) is 0. The van der Waals surface area contributed by atoms with Crippen LogP contribution in [-0.2, 0) is 0 Å². The molecule has 0 aromatic heterocycles. The lowest BCUT2D eigenvalue weighted by Gasteiger charge is -2.37. The van der Waals surface area contributed by atoms with Crippen molar-refractivity contribution >= 4 is 22.7 Å². The molecule has 0 amide bonds. The molecule has 0 saturated heterocycles. The van der Waals surface area contributed by atoms with Gasteiger partial charge in [0.05, 0.1) is 7.11 Å². The number of rotatable bonds is 4. The number of nitrogens with zero attached hydrogens (tertiary/aromatic N) is 3. The van der Waals surface area contributed by atoms with Gasteiger partial charge in [-0.2, -0.15) is 0 Å². The molecule has 0 N–H and O–H groups in total. The zero-order valence-corrected chi connectivity index (χ0v) is 18.1. The molecule has 1 aliphatic rings. The molecule has 0 fully saturated rings. The fourth-order valence-corrected chi connectivity index (χ4v) is 4.14. The average Bonchev–Trinajstić information content (AvgIpc) is 2.73. The van der Waals surface area contributed by atoms with Crippen molar-refractivity contribution in [3.63, 3.8) is 0 Å². The third kappa shape index (κ3) is 3.29. The Morgan fingerprint density at radius 3 is 1.62 bits per heavy atom. The van der Waals surface area contributed by atoms with E-state index in [0.717, 1.165) is 5.75 Å². The van der Waals surface area contributed by atoms with Crippen LogP contribution in [0.3, 0.4) is 0 Å². The van der Waals surface area contributed by atoms with Crippen molar-refractivity contribution in [1.29, 1.82) is 0 Å². The molecule has 3 aromatic rings. The van der Waals surface area contributed by atoms with E-state index in [-0.39, 0.29) is 5.92 Å². The van der Waals surface area contributed by atoms with Crippen molar-refractivity contribution in [2.24, 2.45) is 0 Å². The molecule has 0 bridgehead atoms. The van der Waals surface area contributed by atoms with Gasteiger partial charge in [0.15, 0.2) is 0 Å². The van der Waals surface area contributed by atoms with Gasteiger partial charge >= 0.3 is 0 Å². The number of ether oxygens (including phenoxy) is 1. The highest BCUT2D eigenvalue weighted by atomic mass is 16.5. The Morgan fingerprint density at radius 1 is 0.724 bits per heavy atom. The summed E-state index contributed by atoms with van der Waals surface area (Å²) in [6.45, 7) is 0. The molecule has 0 unspecified atom stereocenters. The summed E-state index contributed by atoms with van der Waals surface area (Å²) in [5.41, 5.74) is 8.84. The van der Waals surface area contributed by atoms with E-state index in [1.165, 1.54) is 39.4 Å². The molecule has 0 aliphatic carbocycles. The largest absolute Gasteiger partial charge is 0.497 e. The van der Waals surface area contributed by atoms with Gasteiger partial charge in [0.25, 0.3) is 0 Å². The van der Waals surface area contributed by atoms with Gasteiger partial charge in [-0.1, -0.05) is 24.3 Å². The number of methoxy groups -OCH3 is 1. The Bertz CT molecular complexity index is 965. The number of benzene rings is 3. The molecule has 29 heavy (non-hydrogen) atoms. The van der Waals surface area contributed by atoms with Gasteiger partial charge in [0, 0.05) is 63.9 Å². The minimum atomic E-state index is 0.189. The van der Waals surface area contributed by atoms with Crippen LogP contribution in [-0.4, -0.2) is 42.3 Å². The fraction of sp³-hybridized carbons (Fsp3) is 0.280. The number of hydrogen-bond donors (Lipinski definition) is 0. The molecule has 150 valence electrons. The number of fused-ring (bicyclic) bond motifs is 2. The molecule has 1 aliphatic heterocycles. The standard InChI is InChI=1S/C25H29N3O/c1-26(2)18-9-13-21-23(15-18)28(5)24-16-19(27(3)4)10-14-22(24)25(21)17-7-11-20(29-6)12-8-17/h7-16,25H,1-6H3.